The lowest BCUT2D eigenvalue weighted by Gasteiger charge is -2.11. The summed E-state index contributed by atoms with van der Waals surface area (Å²) in [5.41, 5.74) is 1.91. The number of thioether (sulfide) groups is 1. The van der Waals surface area contributed by atoms with Gasteiger partial charge in [0.25, 0.3) is 0 Å². The van der Waals surface area contributed by atoms with Crippen molar-refractivity contribution < 1.29 is 4.79 Å². The highest BCUT2D eigenvalue weighted by atomic mass is 127. The number of guanidine groups is 1. The zero-order chi connectivity index (χ0) is 18.3. The van der Waals surface area contributed by atoms with Gasteiger partial charge in [0.1, 0.15) is 0 Å². The quantitative estimate of drug-likeness (QED) is 0.187. The number of rotatable bonds is 11. The Balaban J connectivity index is 0.00000625. The van der Waals surface area contributed by atoms with Gasteiger partial charge in [-0.3, -0.25) is 4.79 Å². The van der Waals surface area contributed by atoms with Gasteiger partial charge < -0.3 is 16.0 Å². The second-order valence-electron chi connectivity index (χ2n) is 5.82. The third-order valence-corrected chi connectivity index (χ3v) is 4.22. The summed E-state index contributed by atoms with van der Waals surface area (Å²) in [5, 5.41) is 9.57. The fourth-order valence-electron chi connectivity index (χ4n) is 2.29. The largest absolute Gasteiger partial charge is 0.357 e. The van der Waals surface area contributed by atoms with Crippen LogP contribution < -0.4 is 16.0 Å². The molecule has 0 atom stereocenters. The number of amides is 1. The molecule has 7 heteroatoms. The van der Waals surface area contributed by atoms with E-state index in [4.69, 9.17) is 0 Å². The standard InChI is InChI=1S/C19H32N4OS.HI/c1-4-9-18(24)23-17-11-8-10-16(14-17)15-22-19(20-5-2)21-12-6-7-13-25-3;/h8,10-11,14H,4-7,9,12-13,15H2,1-3H3,(H,23,24)(H2,20,21,22);1H. The Morgan fingerprint density at radius 2 is 2.00 bits per heavy atom. The van der Waals surface area contributed by atoms with Gasteiger partial charge in [-0.05, 0) is 55.9 Å². The molecule has 1 aromatic carbocycles. The summed E-state index contributed by atoms with van der Waals surface area (Å²) < 4.78 is 0. The van der Waals surface area contributed by atoms with Gasteiger partial charge in [0.2, 0.25) is 5.91 Å². The van der Waals surface area contributed by atoms with Crippen LogP contribution in [0.15, 0.2) is 29.3 Å². The first kappa shape index (κ1) is 25.0. The van der Waals surface area contributed by atoms with E-state index in [-0.39, 0.29) is 29.9 Å². The van der Waals surface area contributed by atoms with Gasteiger partial charge in [-0.1, -0.05) is 19.1 Å². The summed E-state index contributed by atoms with van der Waals surface area (Å²) >= 11 is 1.88. The summed E-state index contributed by atoms with van der Waals surface area (Å²) in [6.45, 7) is 6.41. The first-order valence-electron chi connectivity index (χ1n) is 9.09. The van der Waals surface area contributed by atoms with Crippen molar-refractivity contribution in [2.24, 2.45) is 4.99 Å². The van der Waals surface area contributed by atoms with Crippen molar-refractivity contribution in [2.75, 3.05) is 30.4 Å². The number of unbranched alkanes of at least 4 members (excludes halogenated alkanes) is 1. The molecule has 3 N–H and O–H groups in total. The highest BCUT2D eigenvalue weighted by Gasteiger charge is 2.02. The van der Waals surface area contributed by atoms with E-state index in [9.17, 15) is 4.79 Å². The Labute approximate surface area is 179 Å². The first-order valence-corrected chi connectivity index (χ1v) is 10.5. The Morgan fingerprint density at radius 1 is 1.19 bits per heavy atom. The van der Waals surface area contributed by atoms with Crippen LogP contribution in [0.1, 0.15) is 45.1 Å². The predicted molar refractivity (Wildman–Crippen MR) is 126 cm³/mol. The van der Waals surface area contributed by atoms with Gasteiger partial charge in [0.05, 0.1) is 6.54 Å². The van der Waals surface area contributed by atoms with Crippen molar-refractivity contribution in [3.63, 3.8) is 0 Å². The van der Waals surface area contributed by atoms with Crippen LogP contribution >= 0.6 is 35.7 Å². The molecule has 0 fully saturated rings. The van der Waals surface area contributed by atoms with E-state index < -0.39 is 0 Å². The molecule has 0 radical (unpaired) electrons. The van der Waals surface area contributed by atoms with Crippen molar-refractivity contribution in [3.05, 3.63) is 29.8 Å². The molecule has 0 spiro atoms. The lowest BCUT2D eigenvalue weighted by Crippen LogP contribution is -2.37. The fourth-order valence-corrected chi connectivity index (χ4v) is 2.78. The second kappa shape index (κ2) is 16.2. The smallest absolute Gasteiger partial charge is 0.224 e. The lowest BCUT2D eigenvalue weighted by atomic mass is 10.2. The van der Waals surface area contributed by atoms with Crippen molar-refractivity contribution in [1.82, 2.24) is 10.6 Å². The van der Waals surface area contributed by atoms with E-state index in [0.717, 1.165) is 43.1 Å². The molecule has 1 amide bonds. The molecular weight excluding hydrogens is 459 g/mol. The maximum Gasteiger partial charge on any atom is 0.224 e. The Bertz CT molecular complexity index is 540. The van der Waals surface area contributed by atoms with Crippen molar-refractivity contribution in [3.8, 4) is 0 Å². The number of aliphatic imine (C=N–C) groups is 1. The molecule has 0 aliphatic heterocycles. The first-order chi connectivity index (χ1) is 12.2. The molecule has 0 heterocycles. The van der Waals surface area contributed by atoms with Crippen LogP contribution in [-0.4, -0.2) is 37.0 Å². The molecule has 1 aromatic rings. The zero-order valence-corrected chi connectivity index (χ0v) is 19.3. The molecule has 1 rings (SSSR count). The number of anilines is 1. The monoisotopic (exact) mass is 492 g/mol. The third-order valence-electron chi connectivity index (χ3n) is 3.52. The molecule has 26 heavy (non-hydrogen) atoms. The molecule has 0 bridgehead atoms. The van der Waals surface area contributed by atoms with E-state index >= 15 is 0 Å². The third kappa shape index (κ3) is 11.6. The Hall–Kier alpha value is -0.960. The van der Waals surface area contributed by atoms with E-state index in [1.165, 1.54) is 12.2 Å². The average Bonchev–Trinajstić information content (AvgIpc) is 2.60. The topological polar surface area (TPSA) is 65.5 Å². The van der Waals surface area contributed by atoms with E-state index in [0.29, 0.717) is 13.0 Å². The summed E-state index contributed by atoms with van der Waals surface area (Å²) in [4.78, 5) is 16.3. The highest BCUT2D eigenvalue weighted by molar-refractivity contribution is 14.0. The minimum Gasteiger partial charge on any atom is -0.357 e. The molecule has 0 aliphatic rings. The van der Waals surface area contributed by atoms with E-state index in [1.54, 1.807) is 0 Å². The van der Waals surface area contributed by atoms with Crippen LogP contribution in [0.3, 0.4) is 0 Å². The number of carbonyl (C=O) groups is 1. The number of benzene rings is 1. The maximum absolute atomic E-state index is 11.7. The number of hydrogen-bond donors (Lipinski definition) is 3. The van der Waals surface area contributed by atoms with Crippen LogP contribution in [-0.2, 0) is 11.3 Å². The Kier molecular flexibility index (Phi) is 15.6. The average molecular weight is 492 g/mol. The maximum atomic E-state index is 11.7. The fraction of sp³-hybridized carbons (Fsp3) is 0.579. The molecule has 0 aromatic heterocycles. The number of nitrogens with one attached hydrogen (secondary N) is 3. The molecule has 5 nitrogen and oxygen atoms in total. The van der Waals surface area contributed by atoms with Gasteiger partial charge >= 0.3 is 0 Å². The molecule has 0 saturated carbocycles. The van der Waals surface area contributed by atoms with E-state index in [2.05, 4.69) is 34.1 Å². The number of nitrogens with zero attached hydrogens (tertiary/aromatic N) is 1. The van der Waals surface area contributed by atoms with E-state index in [1.807, 2.05) is 43.0 Å². The molecular formula is C19H33IN4OS. The highest BCUT2D eigenvalue weighted by Crippen LogP contribution is 2.12. The molecule has 148 valence electrons. The van der Waals surface area contributed by atoms with Crippen LogP contribution in [0.2, 0.25) is 0 Å². The molecule has 0 unspecified atom stereocenters. The summed E-state index contributed by atoms with van der Waals surface area (Å²) in [6, 6.07) is 7.88. The normalized spacial score (nSPS) is 10.8. The SMILES string of the molecule is CCCC(=O)Nc1cccc(CN=C(NCC)NCCCCSC)c1.I. The molecule has 0 aliphatic carbocycles. The van der Waals surface area contributed by atoms with Gasteiger partial charge in [0.15, 0.2) is 5.96 Å². The predicted octanol–water partition coefficient (Wildman–Crippen LogP) is 4.24. The van der Waals surface area contributed by atoms with Gasteiger partial charge in [0, 0.05) is 25.2 Å². The van der Waals surface area contributed by atoms with Crippen molar-refractivity contribution in [2.45, 2.75) is 46.1 Å². The number of hydrogen-bond acceptors (Lipinski definition) is 3. The van der Waals surface area contributed by atoms with Crippen molar-refractivity contribution in [1.29, 1.82) is 0 Å². The summed E-state index contributed by atoms with van der Waals surface area (Å²) in [6.07, 6.45) is 5.90. The van der Waals surface area contributed by atoms with Gasteiger partial charge in [-0.25, -0.2) is 4.99 Å². The van der Waals surface area contributed by atoms with Crippen molar-refractivity contribution >= 4 is 53.3 Å². The minimum absolute atomic E-state index is 0. The Morgan fingerprint density at radius 3 is 2.69 bits per heavy atom. The zero-order valence-electron chi connectivity index (χ0n) is 16.1. The van der Waals surface area contributed by atoms with Crippen LogP contribution in [0.5, 0.6) is 0 Å². The van der Waals surface area contributed by atoms with Crippen LogP contribution in [0.25, 0.3) is 0 Å². The van der Waals surface area contributed by atoms with Crippen LogP contribution in [0.4, 0.5) is 5.69 Å². The molecule has 0 saturated heterocycles. The second-order valence-corrected chi connectivity index (χ2v) is 6.81. The van der Waals surface area contributed by atoms with Gasteiger partial charge in [-0.2, -0.15) is 11.8 Å². The lowest BCUT2D eigenvalue weighted by molar-refractivity contribution is -0.116. The minimum atomic E-state index is 0. The van der Waals surface area contributed by atoms with Gasteiger partial charge in [-0.15, -0.1) is 24.0 Å². The van der Waals surface area contributed by atoms with Crippen LogP contribution in [0, 0.1) is 0 Å². The summed E-state index contributed by atoms with van der Waals surface area (Å²) in [5.74, 6) is 2.10. The number of carbonyl (C=O) groups excluding carboxylic acids is 1. The summed E-state index contributed by atoms with van der Waals surface area (Å²) in [7, 11) is 0. The number of halogens is 1.